The standard InChI is InChI=1S/C20H21F3N6O/c1-12-9-25-27(2)18(12)13-3-5-28(6-4-13)17-7-16(29-10-14(30)11-29)15(8-24)19(26-17)20(21,22)23/h7,9,13H,3-6,10-11H2,1-2H3. The Hall–Kier alpha value is -3.09. The first-order valence-electron chi connectivity index (χ1n) is 9.71. The normalized spacial score (nSPS) is 17.8. The van der Waals surface area contributed by atoms with Gasteiger partial charge in [0.1, 0.15) is 17.5 Å². The molecule has 2 saturated heterocycles. The van der Waals surface area contributed by atoms with E-state index in [1.54, 1.807) is 6.07 Å². The van der Waals surface area contributed by atoms with Gasteiger partial charge in [-0.3, -0.25) is 9.48 Å². The van der Waals surface area contributed by atoms with Gasteiger partial charge in [0.25, 0.3) is 0 Å². The first-order chi connectivity index (χ1) is 14.2. The van der Waals surface area contributed by atoms with Gasteiger partial charge in [0.15, 0.2) is 11.5 Å². The number of Topliss-reactive ketones (excluding diaryl/α,β-unsaturated/α-hetero) is 1. The Morgan fingerprint density at radius 2 is 1.87 bits per heavy atom. The third-order valence-corrected chi connectivity index (χ3v) is 5.82. The van der Waals surface area contributed by atoms with Gasteiger partial charge in [0.2, 0.25) is 0 Å². The Labute approximate surface area is 171 Å². The largest absolute Gasteiger partial charge is 0.434 e. The van der Waals surface area contributed by atoms with Gasteiger partial charge in [-0.2, -0.15) is 23.5 Å². The zero-order valence-corrected chi connectivity index (χ0v) is 16.7. The summed E-state index contributed by atoms with van der Waals surface area (Å²) in [6.45, 7) is 3.12. The number of pyridine rings is 1. The molecule has 4 heterocycles. The first-order valence-corrected chi connectivity index (χ1v) is 9.71. The van der Waals surface area contributed by atoms with Gasteiger partial charge in [-0.1, -0.05) is 0 Å². The molecule has 0 atom stereocenters. The summed E-state index contributed by atoms with van der Waals surface area (Å²) in [4.78, 5) is 18.5. The highest BCUT2D eigenvalue weighted by Gasteiger charge is 2.40. The summed E-state index contributed by atoms with van der Waals surface area (Å²) in [6, 6.07) is 3.15. The van der Waals surface area contributed by atoms with Crippen molar-refractivity contribution >= 4 is 17.3 Å². The van der Waals surface area contributed by atoms with E-state index in [9.17, 15) is 23.2 Å². The number of aryl methyl sites for hydroxylation is 2. The molecule has 0 saturated carbocycles. The van der Waals surface area contributed by atoms with Crippen LogP contribution < -0.4 is 9.80 Å². The van der Waals surface area contributed by atoms with Crippen LogP contribution in [0.25, 0.3) is 0 Å². The molecular weight excluding hydrogens is 397 g/mol. The third kappa shape index (κ3) is 3.49. The highest BCUT2D eigenvalue weighted by molar-refractivity contribution is 5.96. The van der Waals surface area contributed by atoms with Gasteiger partial charge in [-0.15, -0.1) is 0 Å². The predicted octanol–water partition coefficient (Wildman–Crippen LogP) is 2.79. The van der Waals surface area contributed by atoms with Crippen molar-refractivity contribution in [1.82, 2.24) is 14.8 Å². The van der Waals surface area contributed by atoms with Crippen LogP contribution in [0.3, 0.4) is 0 Å². The average Bonchev–Trinajstić information content (AvgIpc) is 3.02. The van der Waals surface area contributed by atoms with Crippen LogP contribution in [0.15, 0.2) is 12.3 Å². The van der Waals surface area contributed by atoms with Crippen molar-refractivity contribution in [3.05, 3.63) is 34.8 Å². The van der Waals surface area contributed by atoms with Crippen molar-refractivity contribution < 1.29 is 18.0 Å². The summed E-state index contributed by atoms with van der Waals surface area (Å²) in [6.07, 6.45) is -1.41. The zero-order valence-electron chi connectivity index (χ0n) is 16.7. The Balaban J connectivity index is 1.64. The lowest BCUT2D eigenvalue weighted by Crippen LogP contribution is -2.48. The molecule has 2 aromatic rings. The molecule has 2 aliphatic heterocycles. The van der Waals surface area contributed by atoms with Gasteiger partial charge in [0.05, 0.1) is 25.0 Å². The number of piperidine rings is 1. The van der Waals surface area contributed by atoms with Crippen molar-refractivity contribution in [3.63, 3.8) is 0 Å². The van der Waals surface area contributed by atoms with Crippen molar-refractivity contribution in [1.29, 1.82) is 5.26 Å². The number of hydrogen-bond acceptors (Lipinski definition) is 6. The molecule has 158 valence electrons. The number of nitrogens with zero attached hydrogens (tertiary/aromatic N) is 6. The van der Waals surface area contributed by atoms with Crippen molar-refractivity contribution in [2.75, 3.05) is 36.0 Å². The number of aromatic nitrogens is 3. The molecular formula is C20H21F3N6O. The second-order valence-corrected chi connectivity index (χ2v) is 7.83. The summed E-state index contributed by atoms with van der Waals surface area (Å²) < 4.78 is 42.8. The summed E-state index contributed by atoms with van der Waals surface area (Å²) in [7, 11) is 1.90. The SMILES string of the molecule is Cc1cnn(C)c1C1CCN(c2cc(N3CC(=O)C3)c(C#N)c(C(F)(F)F)n2)CC1. The number of alkyl halides is 3. The topological polar surface area (TPSA) is 78.0 Å². The smallest absolute Gasteiger partial charge is 0.356 e. The van der Waals surface area contributed by atoms with Crippen LogP contribution in [0, 0.1) is 18.3 Å². The maximum absolute atomic E-state index is 13.6. The highest BCUT2D eigenvalue weighted by Crippen LogP contribution is 2.39. The molecule has 2 aliphatic rings. The van der Waals surface area contributed by atoms with Crippen molar-refractivity contribution in [3.8, 4) is 6.07 Å². The highest BCUT2D eigenvalue weighted by atomic mass is 19.4. The summed E-state index contributed by atoms with van der Waals surface area (Å²) in [5, 5.41) is 13.6. The van der Waals surface area contributed by atoms with E-state index in [2.05, 4.69) is 10.1 Å². The number of anilines is 2. The van der Waals surface area contributed by atoms with Crippen LogP contribution in [0.1, 0.15) is 41.3 Å². The lowest BCUT2D eigenvalue weighted by atomic mass is 9.91. The maximum atomic E-state index is 13.6. The van der Waals surface area contributed by atoms with E-state index in [1.165, 1.54) is 11.0 Å². The minimum Gasteiger partial charge on any atom is -0.356 e. The number of hydrogen-bond donors (Lipinski definition) is 0. The first kappa shape index (κ1) is 20.2. The van der Waals surface area contributed by atoms with Crippen molar-refractivity contribution in [2.24, 2.45) is 7.05 Å². The summed E-state index contributed by atoms with van der Waals surface area (Å²) in [5.74, 6) is 0.399. The number of carbonyl (C=O) groups excluding carboxylic acids is 1. The fourth-order valence-corrected chi connectivity index (χ4v) is 4.32. The molecule has 2 aromatic heterocycles. The molecule has 0 aromatic carbocycles. The third-order valence-electron chi connectivity index (χ3n) is 5.82. The molecule has 0 unspecified atom stereocenters. The van der Waals surface area contributed by atoms with Crippen LogP contribution in [0.2, 0.25) is 0 Å². The van der Waals surface area contributed by atoms with Gasteiger partial charge >= 0.3 is 6.18 Å². The fourth-order valence-electron chi connectivity index (χ4n) is 4.32. The molecule has 0 radical (unpaired) electrons. The molecule has 7 nitrogen and oxygen atoms in total. The second kappa shape index (κ2) is 7.31. The summed E-state index contributed by atoms with van der Waals surface area (Å²) >= 11 is 0. The van der Waals surface area contributed by atoms with E-state index in [4.69, 9.17) is 0 Å². The molecule has 30 heavy (non-hydrogen) atoms. The zero-order chi connectivity index (χ0) is 21.6. The van der Waals surface area contributed by atoms with E-state index in [0.29, 0.717) is 13.1 Å². The number of nitriles is 1. The Bertz CT molecular complexity index is 1000. The molecule has 0 aliphatic carbocycles. The molecule has 0 N–H and O–H groups in total. The Kier molecular flexibility index (Phi) is 4.92. The lowest BCUT2D eigenvalue weighted by molar-refractivity contribution is -0.141. The van der Waals surface area contributed by atoms with E-state index < -0.39 is 17.4 Å². The number of halogens is 3. The second-order valence-electron chi connectivity index (χ2n) is 7.83. The van der Waals surface area contributed by atoms with E-state index in [1.807, 2.05) is 29.7 Å². The van der Waals surface area contributed by atoms with E-state index in [0.717, 1.165) is 24.1 Å². The lowest BCUT2D eigenvalue weighted by Gasteiger charge is -2.36. The van der Waals surface area contributed by atoms with E-state index >= 15 is 0 Å². The molecule has 4 rings (SSSR count). The van der Waals surface area contributed by atoms with Gasteiger partial charge < -0.3 is 9.80 Å². The van der Waals surface area contributed by atoms with E-state index in [-0.39, 0.29) is 36.3 Å². The molecule has 0 amide bonds. The minimum atomic E-state index is -4.76. The van der Waals surface area contributed by atoms with Gasteiger partial charge in [0, 0.05) is 37.8 Å². The molecule has 10 heteroatoms. The predicted molar refractivity (Wildman–Crippen MR) is 103 cm³/mol. The minimum absolute atomic E-state index is 0.0112. The van der Waals surface area contributed by atoms with Crippen LogP contribution in [0.4, 0.5) is 24.7 Å². The van der Waals surface area contributed by atoms with Crippen molar-refractivity contribution in [2.45, 2.75) is 31.9 Å². The monoisotopic (exact) mass is 418 g/mol. The maximum Gasteiger partial charge on any atom is 0.434 e. The quantitative estimate of drug-likeness (QED) is 0.763. The average molecular weight is 418 g/mol. The van der Waals surface area contributed by atoms with Crippen LogP contribution in [0.5, 0.6) is 0 Å². The number of ketones is 1. The van der Waals surface area contributed by atoms with Gasteiger partial charge in [-0.05, 0) is 25.3 Å². The Morgan fingerprint density at radius 1 is 1.20 bits per heavy atom. The van der Waals surface area contributed by atoms with Crippen LogP contribution in [-0.2, 0) is 18.0 Å². The molecule has 2 fully saturated rings. The molecule has 0 spiro atoms. The van der Waals surface area contributed by atoms with Crippen LogP contribution >= 0.6 is 0 Å². The van der Waals surface area contributed by atoms with Gasteiger partial charge in [-0.25, -0.2) is 4.98 Å². The number of rotatable bonds is 3. The number of carbonyl (C=O) groups is 1. The van der Waals surface area contributed by atoms with Crippen LogP contribution in [-0.4, -0.2) is 46.7 Å². The fraction of sp³-hybridized carbons (Fsp3) is 0.500. The Morgan fingerprint density at radius 3 is 2.37 bits per heavy atom. The summed E-state index contributed by atoms with van der Waals surface area (Å²) in [5.41, 5.74) is 0.661. The molecule has 0 bridgehead atoms.